The van der Waals surface area contributed by atoms with Gasteiger partial charge in [-0.2, -0.15) is 0 Å². The molecule has 7 heteroatoms. The monoisotopic (exact) mass is 445 g/mol. The summed E-state index contributed by atoms with van der Waals surface area (Å²) < 4.78 is 6.62. The van der Waals surface area contributed by atoms with Gasteiger partial charge in [0.1, 0.15) is 4.88 Å². The van der Waals surface area contributed by atoms with Crippen molar-refractivity contribution in [2.75, 3.05) is 11.9 Å². The summed E-state index contributed by atoms with van der Waals surface area (Å²) >= 11 is 7.97. The third-order valence-electron chi connectivity index (χ3n) is 2.71. The van der Waals surface area contributed by atoms with E-state index in [0.29, 0.717) is 22.7 Å². The number of thiophene rings is 1. The lowest BCUT2D eigenvalue weighted by Crippen LogP contribution is -2.15. The Bertz CT molecular complexity index is 700. The summed E-state index contributed by atoms with van der Waals surface area (Å²) in [5.74, 6) is -0.725. The molecule has 1 heterocycles. The Morgan fingerprint density at radius 3 is 2.68 bits per heavy atom. The number of benzene rings is 1. The van der Waals surface area contributed by atoms with Crippen molar-refractivity contribution in [1.82, 2.24) is 0 Å². The molecule has 0 saturated heterocycles. The first-order valence-corrected chi connectivity index (χ1v) is 9.00. The van der Waals surface area contributed by atoms with E-state index >= 15 is 0 Å². The highest BCUT2D eigenvalue weighted by Gasteiger charge is 2.18. The van der Waals surface area contributed by atoms with Crippen LogP contribution in [0.3, 0.4) is 0 Å². The summed E-state index contributed by atoms with van der Waals surface area (Å²) in [7, 11) is 0. The molecule has 0 fully saturated rings. The van der Waals surface area contributed by atoms with E-state index < -0.39 is 5.97 Å². The quantitative estimate of drug-likeness (QED) is 0.650. The van der Waals surface area contributed by atoms with E-state index in [0.717, 1.165) is 15.4 Å². The Hall–Kier alpha value is -1.18. The van der Waals surface area contributed by atoms with E-state index in [1.54, 1.807) is 24.3 Å². The fourth-order valence-corrected chi connectivity index (χ4v) is 3.51. The minimum Gasteiger partial charge on any atom is -0.462 e. The van der Waals surface area contributed by atoms with Crippen LogP contribution in [0.2, 0.25) is 0 Å². The number of hydrogen-bond donors (Lipinski definition) is 1. The molecule has 1 amide bonds. The normalized spacial score (nSPS) is 10.3. The molecular formula is C15H13Br2NO3S. The van der Waals surface area contributed by atoms with Crippen molar-refractivity contribution >= 4 is 60.8 Å². The molecule has 0 radical (unpaired) electrons. The number of hydrogen-bond acceptors (Lipinski definition) is 4. The molecule has 0 saturated carbocycles. The van der Waals surface area contributed by atoms with Gasteiger partial charge in [0.25, 0.3) is 5.91 Å². The van der Waals surface area contributed by atoms with Crippen molar-refractivity contribution in [1.29, 1.82) is 0 Å². The second-order valence-electron chi connectivity index (χ2n) is 4.38. The number of rotatable bonds is 5. The van der Waals surface area contributed by atoms with Crippen LogP contribution >= 0.6 is 43.2 Å². The third-order valence-corrected chi connectivity index (χ3v) is 5.04. The van der Waals surface area contributed by atoms with Gasteiger partial charge >= 0.3 is 5.97 Å². The van der Waals surface area contributed by atoms with Crippen molar-refractivity contribution in [3.63, 3.8) is 0 Å². The Morgan fingerprint density at radius 2 is 2.05 bits per heavy atom. The van der Waals surface area contributed by atoms with E-state index in [-0.39, 0.29) is 5.91 Å². The van der Waals surface area contributed by atoms with Gasteiger partial charge < -0.3 is 10.1 Å². The standard InChI is InChI=1S/C15H13Br2NO3S/c1-2-6-21-15(20)10-8-9(16)3-4-12(10)18-14(19)13-11(17)5-7-22-13/h3-5,7-8H,2,6H2,1H3,(H,18,19). The highest BCUT2D eigenvalue weighted by Crippen LogP contribution is 2.26. The molecule has 0 atom stereocenters. The zero-order chi connectivity index (χ0) is 16.1. The molecule has 116 valence electrons. The summed E-state index contributed by atoms with van der Waals surface area (Å²) in [6.45, 7) is 2.26. The number of esters is 1. The minimum absolute atomic E-state index is 0.270. The van der Waals surface area contributed by atoms with Gasteiger partial charge in [-0.05, 0) is 52.0 Å². The van der Waals surface area contributed by atoms with Crippen molar-refractivity contribution in [2.24, 2.45) is 0 Å². The Labute approximate surface area is 149 Å². The Kier molecular flexibility index (Phi) is 6.16. The molecule has 0 bridgehead atoms. The molecule has 0 unspecified atom stereocenters. The van der Waals surface area contributed by atoms with Crippen LogP contribution in [-0.2, 0) is 4.74 Å². The molecule has 2 aromatic rings. The van der Waals surface area contributed by atoms with Gasteiger partial charge in [-0.25, -0.2) is 4.79 Å². The van der Waals surface area contributed by atoms with Crippen LogP contribution in [0.1, 0.15) is 33.4 Å². The van der Waals surface area contributed by atoms with E-state index in [2.05, 4.69) is 37.2 Å². The van der Waals surface area contributed by atoms with E-state index in [4.69, 9.17) is 4.74 Å². The largest absolute Gasteiger partial charge is 0.462 e. The van der Waals surface area contributed by atoms with E-state index in [1.165, 1.54) is 11.3 Å². The van der Waals surface area contributed by atoms with Crippen LogP contribution < -0.4 is 5.32 Å². The third kappa shape index (κ3) is 4.18. The molecule has 2 rings (SSSR count). The maximum atomic E-state index is 12.3. The summed E-state index contributed by atoms with van der Waals surface area (Å²) in [6.07, 6.45) is 0.740. The van der Waals surface area contributed by atoms with Crippen LogP contribution in [0.5, 0.6) is 0 Å². The van der Waals surface area contributed by atoms with Crippen LogP contribution in [0.15, 0.2) is 38.6 Å². The summed E-state index contributed by atoms with van der Waals surface area (Å²) in [4.78, 5) is 24.9. The zero-order valence-electron chi connectivity index (χ0n) is 11.7. The summed E-state index contributed by atoms with van der Waals surface area (Å²) in [5.41, 5.74) is 0.749. The van der Waals surface area contributed by atoms with Crippen LogP contribution in [0, 0.1) is 0 Å². The average molecular weight is 447 g/mol. The number of anilines is 1. The molecular weight excluding hydrogens is 434 g/mol. The van der Waals surface area contributed by atoms with Crippen LogP contribution in [0.25, 0.3) is 0 Å². The molecule has 0 aliphatic carbocycles. The van der Waals surface area contributed by atoms with Crippen molar-refractivity contribution in [2.45, 2.75) is 13.3 Å². The maximum absolute atomic E-state index is 12.3. The number of ether oxygens (including phenoxy) is 1. The van der Waals surface area contributed by atoms with Gasteiger partial charge in [-0.3, -0.25) is 4.79 Å². The fraction of sp³-hybridized carbons (Fsp3) is 0.200. The molecule has 1 aromatic carbocycles. The topological polar surface area (TPSA) is 55.4 Å². The lowest BCUT2D eigenvalue weighted by molar-refractivity contribution is 0.0506. The number of halogens is 2. The fourth-order valence-electron chi connectivity index (χ4n) is 1.70. The summed E-state index contributed by atoms with van der Waals surface area (Å²) in [5, 5.41) is 4.57. The smallest absolute Gasteiger partial charge is 0.340 e. The number of nitrogens with one attached hydrogen (secondary N) is 1. The average Bonchev–Trinajstić information content (AvgIpc) is 2.92. The molecule has 1 N–H and O–H groups in total. The second kappa shape index (κ2) is 7.89. The lowest BCUT2D eigenvalue weighted by Gasteiger charge is -2.11. The van der Waals surface area contributed by atoms with E-state index in [1.807, 2.05) is 12.3 Å². The minimum atomic E-state index is -0.455. The van der Waals surface area contributed by atoms with Crippen molar-refractivity contribution in [3.05, 3.63) is 49.0 Å². The highest BCUT2D eigenvalue weighted by molar-refractivity contribution is 9.10. The van der Waals surface area contributed by atoms with E-state index in [9.17, 15) is 9.59 Å². The zero-order valence-corrected chi connectivity index (χ0v) is 15.7. The first-order chi connectivity index (χ1) is 10.5. The number of carbonyl (C=O) groups is 2. The predicted molar refractivity (Wildman–Crippen MR) is 94.7 cm³/mol. The molecule has 4 nitrogen and oxygen atoms in total. The van der Waals surface area contributed by atoms with Crippen LogP contribution in [-0.4, -0.2) is 18.5 Å². The molecule has 22 heavy (non-hydrogen) atoms. The molecule has 0 spiro atoms. The highest BCUT2D eigenvalue weighted by atomic mass is 79.9. The van der Waals surface area contributed by atoms with Gasteiger partial charge in [-0.15, -0.1) is 11.3 Å². The van der Waals surface area contributed by atoms with Gasteiger partial charge in [0.2, 0.25) is 0 Å². The van der Waals surface area contributed by atoms with Gasteiger partial charge in [0.05, 0.1) is 17.9 Å². The number of carbonyl (C=O) groups excluding carboxylic acids is 2. The molecule has 1 aromatic heterocycles. The summed E-state index contributed by atoms with van der Waals surface area (Å²) in [6, 6.07) is 6.87. The Balaban J connectivity index is 2.25. The second-order valence-corrected chi connectivity index (χ2v) is 7.06. The first kappa shape index (κ1) is 17.2. The van der Waals surface area contributed by atoms with Gasteiger partial charge in [-0.1, -0.05) is 22.9 Å². The lowest BCUT2D eigenvalue weighted by atomic mass is 10.1. The van der Waals surface area contributed by atoms with Gasteiger partial charge in [0.15, 0.2) is 0 Å². The van der Waals surface area contributed by atoms with Gasteiger partial charge in [0, 0.05) is 8.95 Å². The maximum Gasteiger partial charge on any atom is 0.340 e. The predicted octanol–water partition coefficient (Wildman–Crippen LogP) is 5.09. The molecule has 0 aliphatic rings. The van der Waals surface area contributed by atoms with Crippen molar-refractivity contribution in [3.8, 4) is 0 Å². The number of amides is 1. The van der Waals surface area contributed by atoms with Crippen LogP contribution in [0.4, 0.5) is 5.69 Å². The van der Waals surface area contributed by atoms with Crippen molar-refractivity contribution < 1.29 is 14.3 Å². The Morgan fingerprint density at radius 1 is 1.27 bits per heavy atom. The molecule has 0 aliphatic heterocycles. The first-order valence-electron chi connectivity index (χ1n) is 6.54. The SMILES string of the molecule is CCCOC(=O)c1cc(Br)ccc1NC(=O)c1sccc1Br.